The Balaban J connectivity index is 3.95. The van der Waals surface area contributed by atoms with Gasteiger partial charge in [-0.25, -0.2) is 0 Å². The van der Waals surface area contributed by atoms with E-state index in [0.29, 0.717) is 12.5 Å². The third-order valence-corrected chi connectivity index (χ3v) is 3.46. The largest absolute Gasteiger partial charge is 0.469 e. The van der Waals surface area contributed by atoms with E-state index >= 15 is 0 Å². The predicted molar refractivity (Wildman–Crippen MR) is 66.3 cm³/mol. The monoisotopic (exact) mass is 233 g/mol. The van der Waals surface area contributed by atoms with Gasteiger partial charge < -0.3 is 9.64 Å². The lowest BCUT2D eigenvalue weighted by Crippen LogP contribution is -2.38. The second-order valence-electron chi connectivity index (χ2n) is 3.93. The fourth-order valence-electron chi connectivity index (χ4n) is 1.39. The van der Waals surface area contributed by atoms with Gasteiger partial charge in [-0.1, -0.05) is 0 Å². The van der Waals surface area contributed by atoms with Crippen LogP contribution in [-0.4, -0.2) is 49.1 Å². The molecular weight excluding hydrogens is 210 g/mol. The Morgan fingerprint density at radius 1 is 1.40 bits per heavy atom. The molecule has 90 valence electrons. The SMILES string of the molecule is COC(=O)CC(C)N(C)C(C)CCSC. The fourth-order valence-corrected chi connectivity index (χ4v) is 1.97. The van der Waals surface area contributed by atoms with Crippen molar-refractivity contribution in [2.24, 2.45) is 0 Å². The maximum atomic E-state index is 11.1. The molecule has 0 radical (unpaired) electrons. The molecule has 0 saturated carbocycles. The zero-order chi connectivity index (χ0) is 11.8. The zero-order valence-electron chi connectivity index (χ0n) is 10.4. The normalized spacial score (nSPS) is 15.1. The van der Waals surface area contributed by atoms with Gasteiger partial charge in [-0.15, -0.1) is 0 Å². The predicted octanol–water partition coefficient (Wildman–Crippen LogP) is 2.01. The first-order valence-corrected chi connectivity index (χ1v) is 6.70. The summed E-state index contributed by atoms with van der Waals surface area (Å²) < 4.78 is 4.66. The molecule has 0 saturated heterocycles. The van der Waals surface area contributed by atoms with Crippen LogP contribution in [0.2, 0.25) is 0 Å². The summed E-state index contributed by atoms with van der Waals surface area (Å²) in [6.07, 6.45) is 3.74. The van der Waals surface area contributed by atoms with Crippen LogP contribution in [0.25, 0.3) is 0 Å². The molecule has 15 heavy (non-hydrogen) atoms. The van der Waals surface area contributed by atoms with Crippen molar-refractivity contribution in [2.75, 3.05) is 26.2 Å². The van der Waals surface area contributed by atoms with Crippen molar-refractivity contribution in [1.29, 1.82) is 0 Å². The number of nitrogens with zero attached hydrogens (tertiary/aromatic N) is 1. The molecule has 0 heterocycles. The molecule has 0 aromatic rings. The van der Waals surface area contributed by atoms with Gasteiger partial charge in [-0.05, 0) is 39.3 Å². The highest BCUT2D eigenvalue weighted by molar-refractivity contribution is 7.98. The molecule has 0 N–H and O–H groups in total. The van der Waals surface area contributed by atoms with Gasteiger partial charge in [0, 0.05) is 12.1 Å². The summed E-state index contributed by atoms with van der Waals surface area (Å²) in [6, 6.07) is 0.756. The molecule has 4 heteroatoms. The summed E-state index contributed by atoms with van der Waals surface area (Å²) in [5, 5.41) is 0. The van der Waals surface area contributed by atoms with E-state index in [1.165, 1.54) is 7.11 Å². The van der Waals surface area contributed by atoms with Gasteiger partial charge in [0.15, 0.2) is 0 Å². The van der Waals surface area contributed by atoms with Gasteiger partial charge in [0.25, 0.3) is 0 Å². The average Bonchev–Trinajstić information content (AvgIpc) is 2.24. The zero-order valence-corrected chi connectivity index (χ0v) is 11.3. The number of methoxy groups -OCH3 is 1. The number of carbonyl (C=O) groups is 1. The van der Waals surface area contributed by atoms with Gasteiger partial charge in [-0.2, -0.15) is 11.8 Å². The van der Waals surface area contributed by atoms with Crippen LogP contribution in [0.3, 0.4) is 0 Å². The van der Waals surface area contributed by atoms with E-state index in [-0.39, 0.29) is 12.0 Å². The highest BCUT2D eigenvalue weighted by atomic mass is 32.2. The summed E-state index contributed by atoms with van der Waals surface area (Å²) in [5.41, 5.74) is 0. The molecule has 2 atom stereocenters. The van der Waals surface area contributed by atoms with Crippen molar-refractivity contribution < 1.29 is 9.53 Å². The van der Waals surface area contributed by atoms with Gasteiger partial charge >= 0.3 is 5.97 Å². The maximum absolute atomic E-state index is 11.1. The molecule has 0 bridgehead atoms. The van der Waals surface area contributed by atoms with Crippen LogP contribution >= 0.6 is 11.8 Å². The first-order chi connectivity index (χ1) is 7.02. The minimum atomic E-state index is -0.133. The van der Waals surface area contributed by atoms with E-state index in [1.54, 1.807) is 0 Å². The molecule has 0 aromatic carbocycles. The molecule has 0 aliphatic heterocycles. The van der Waals surface area contributed by atoms with Gasteiger partial charge in [0.1, 0.15) is 0 Å². The van der Waals surface area contributed by atoms with Crippen molar-refractivity contribution in [3.05, 3.63) is 0 Å². The maximum Gasteiger partial charge on any atom is 0.307 e. The molecule has 0 spiro atoms. The van der Waals surface area contributed by atoms with Crippen LogP contribution in [0.1, 0.15) is 26.7 Å². The fraction of sp³-hybridized carbons (Fsp3) is 0.909. The number of carbonyl (C=O) groups excluding carboxylic acids is 1. The Bertz CT molecular complexity index is 187. The van der Waals surface area contributed by atoms with E-state index in [0.717, 1.165) is 12.2 Å². The quantitative estimate of drug-likeness (QED) is 0.629. The highest BCUT2D eigenvalue weighted by Crippen LogP contribution is 2.11. The molecule has 0 amide bonds. The van der Waals surface area contributed by atoms with Crippen LogP contribution < -0.4 is 0 Å². The third-order valence-electron chi connectivity index (χ3n) is 2.82. The minimum Gasteiger partial charge on any atom is -0.469 e. The number of thioether (sulfide) groups is 1. The lowest BCUT2D eigenvalue weighted by atomic mass is 10.1. The lowest BCUT2D eigenvalue weighted by Gasteiger charge is -2.30. The Hall–Kier alpha value is -0.220. The molecule has 3 nitrogen and oxygen atoms in total. The number of hydrogen-bond acceptors (Lipinski definition) is 4. The number of hydrogen-bond donors (Lipinski definition) is 0. The van der Waals surface area contributed by atoms with Gasteiger partial charge in [0.2, 0.25) is 0 Å². The Morgan fingerprint density at radius 2 is 2.00 bits per heavy atom. The van der Waals surface area contributed by atoms with Crippen LogP contribution in [-0.2, 0) is 9.53 Å². The van der Waals surface area contributed by atoms with Crippen molar-refractivity contribution in [2.45, 2.75) is 38.8 Å². The lowest BCUT2D eigenvalue weighted by molar-refractivity contribution is -0.141. The highest BCUT2D eigenvalue weighted by Gasteiger charge is 2.18. The Labute approximate surface area is 97.5 Å². The van der Waals surface area contributed by atoms with Crippen molar-refractivity contribution in [1.82, 2.24) is 4.90 Å². The van der Waals surface area contributed by atoms with Crippen molar-refractivity contribution >= 4 is 17.7 Å². The Morgan fingerprint density at radius 3 is 2.47 bits per heavy atom. The van der Waals surface area contributed by atoms with Crippen LogP contribution in [0, 0.1) is 0 Å². The van der Waals surface area contributed by atoms with E-state index in [2.05, 4.69) is 36.8 Å². The molecule has 0 rings (SSSR count). The number of ether oxygens (including phenoxy) is 1. The summed E-state index contributed by atoms with van der Waals surface area (Å²) >= 11 is 1.86. The first-order valence-electron chi connectivity index (χ1n) is 5.30. The summed E-state index contributed by atoms with van der Waals surface area (Å²) in [7, 11) is 3.50. The molecule has 0 aliphatic carbocycles. The summed E-state index contributed by atoms with van der Waals surface area (Å²) in [6.45, 7) is 4.26. The number of esters is 1. The van der Waals surface area contributed by atoms with E-state index in [1.807, 2.05) is 11.8 Å². The molecular formula is C11H23NO2S. The minimum absolute atomic E-state index is 0.133. The topological polar surface area (TPSA) is 29.5 Å². The summed E-state index contributed by atoms with van der Waals surface area (Å²) in [4.78, 5) is 13.4. The smallest absolute Gasteiger partial charge is 0.307 e. The van der Waals surface area contributed by atoms with Crippen molar-refractivity contribution in [3.8, 4) is 0 Å². The standard InChI is InChI=1S/C11H23NO2S/c1-9(6-7-15-5)12(3)10(2)8-11(13)14-4/h9-10H,6-8H2,1-5H3. The second-order valence-corrected chi connectivity index (χ2v) is 4.91. The molecule has 2 unspecified atom stereocenters. The van der Waals surface area contributed by atoms with E-state index in [9.17, 15) is 4.79 Å². The van der Waals surface area contributed by atoms with Crippen LogP contribution in [0.5, 0.6) is 0 Å². The van der Waals surface area contributed by atoms with Crippen molar-refractivity contribution in [3.63, 3.8) is 0 Å². The Kier molecular flexibility index (Phi) is 7.88. The second kappa shape index (κ2) is 7.99. The molecule has 0 aromatic heterocycles. The summed E-state index contributed by atoms with van der Waals surface area (Å²) in [5.74, 6) is 1.03. The first kappa shape index (κ1) is 14.8. The molecule has 0 aliphatic rings. The van der Waals surface area contributed by atoms with E-state index in [4.69, 9.17) is 0 Å². The number of rotatable bonds is 7. The third kappa shape index (κ3) is 6.05. The van der Waals surface area contributed by atoms with E-state index < -0.39 is 0 Å². The van der Waals surface area contributed by atoms with Crippen LogP contribution in [0.4, 0.5) is 0 Å². The van der Waals surface area contributed by atoms with Crippen LogP contribution in [0.15, 0.2) is 0 Å². The van der Waals surface area contributed by atoms with Gasteiger partial charge in [-0.3, -0.25) is 4.79 Å². The average molecular weight is 233 g/mol. The van der Waals surface area contributed by atoms with Gasteiger partial charge in [0.05, 0.1) is 13.5 Å². The molecule has 0 fully saturated rings.